The van der Waals surface area contributed by atoms with Crippen LogP contribution in [0.15, 0.2) is 24.7 Å². The molecule has 2 aromatic heterocycles. The van der Waals surface area contributed by atoms with Gasteiger partial charge in [0.2, 0.25) is 5.78 Å². The van der Waals surface area contributed by atoms with Gasteiger partial charge in [0.1, 0.15) is 12.2 Å². The lowest BCUT2D eigenvalue weighted by Gasteiger charge is -2.35. The molecule has 3 heterocycles. The molecule has 2 atom stereocenters. The van der Waals surface area contributed by atoms with Crippen LogP contribution in [-0.4, -0.2) is 26.5 Å². The highest BCUT2D eigenvalue weighted by molar-refractivity contribution is 5.29. The molecule has 2 aromatic rings. The van der Waals surface area contributed by atoms with Crippen molar-refractivity contribution >= 4 is 5.78 Å². The summed E-state index contributed by atoms with van der Waals surface area (Å²) in [5.41, 5.74) is 1.16. The molecule has 0 aliphatic carbocycles. The van der Waals surface area contributed by atoms with Crippen molar-refractivity contribution in [2.75, 3.05) is 0 Å². The smallest absolute Gasteiger partial charge is 0.234 e. The third-order valence-electron chi connectivity index (χ3n) is 4.21. The van der Waals surface area contributed by atoms with Gasteiger partial charge in [-0.25, -0.2) is 9.97 Å². The maximum atomic E-state index is 4.61. The first kappa shape index (κ1) is 11.7. The highest BCUT2D eigenvalue weighted by Gasteiger charge is 2.29. The molecule has 4 heteroatoms. The van der Waals surface area contributed by atoms with E-state index in [1.165, 1.54) is 19.3 Å². The molecule has 0 saturated carbocycles. The molecule has 0 unspecified atom stereocenters. The number of hydrogen-bond acceptors (Lipinski definition) is 2. The van der Waals surface area contributed by atoms with Crippen LogP contribution < -0.4 is 4.90 Å². The molecule has 3 rings (SSSR count). The van der Waals surface area contributed by atoms with Crippen LogP contribution in [0.3, 0.4) is 0 Å². The van der Waals surface area contributed by atoms with Crippen LogP contribution in [0.4, 0.5) is 0 Å². The number of fused-ring (bicyclic) bond motifs is 1. The van der Waals surface area contributed by atoms with Crippen molar-refractivity contribution in [1.29, 1.82) is 0 Å². The van der Waals surface area contributed by atoms with E-state index in [4.69, 9.17) is 0 Å². The van der Waals surface area contributed by atoms with Gasteiger partial charge in [0.05, 0.1) is 12.1 Å². The van der Waals surface area contributed by atoms with Crippen LogP contribution in [0.5, 0.6) is 0 Å². The number of nitrogens with zero attached hydrogens (tertiary/aromatic N) is 3. The molecule has 1 aliphatic rings. The van der Waals surface area contributed by atoms with E-state index in [1.54, 1.807) is 11.1 Å². The van der Waals surface area contributed by atoms with E-state index in [0.717, 1.165) is 30.1 Å². The van der Waals surface area contributed by atoms with Crippen molar-refractivity contribution in [3.05, 3.63) is 30.4 Å². The topological polar surface area (TPSA) is 34.6 Å². The van der Waals surface area contributed by atoms with Crippen LogP contribution >= 0.6 is 0 Å². The SMILES string of the molecule is C[C@H]1CCC[C@H](C)[NH+]1Cc1cn2cccnc2n1. The summed E-state index contributed by atoms with van der Waals surface area (Å²) in [6.45, 7) is 5.74. The molecule has 4 nitrogen and oxygen atoms in total. The van der Waals surface area contributed by atoms with Crippen molar-refractivity contribution in [2.24, 2.45) is 0 Å². The van der Waals surface area contributed by atoms with E-state index in [-0.39, 0.29) is 0 Å². The first-order valence-electron chi connectivity index (χ1n) is 6.88. The number of nitrogens with one attached hydrogen (secondary N) is 1. The van der Waals surface area contributed by atoms with Crippen LogP contribution in [0, 0.1) is 0 Å². The Kier molecular flexibility index (Phi) is 3.04. The average Bonchev–Trinajstić information content (AvgIpc) is 2.76. The Labute approximate surface area is 108 Å². The third kappa shape index (κ3) is 2.12. The van der Waals surface area contributed by atoms with Crippen LogP contribution in [-0.2, 0) is 6.54 Å². The zero-order valence-electron chi connectivity index (χ0n) is 11.1. The molecular formula is C14H21N4+. The van der Waals surface area contributed by atoms with E-state index < -0.39 is 0 Å². The van der Waals surface area contributed by atoms with E-state index in [2.05, 4.69) is 30.0 Å². The fourth-order valence-electron chi connectivity index (χ4n) is 3.11. The maximum absolute atomic E-state index is 4.61. The van der Waals surface area contributed by atoms with E-state index in [9.17, 15) is 0 Å². The summed E-state index contributed by atoms with van der Waals surface area (Å²) >= 11 is 0. The van der Waals surface area contributed by atoms with Gasteiger partial charge >= 0.3 is 0 Å². The van der Waals surface area contributed by atoms with Gasteiger partial charge < -0.3 is 4.90 Å². The Morgan fingerprint density at radius 1 is 1.33 bits per heavy atom. The number of quaternary nitrogens is 1. The highest BCUT2D eigenvalue weighted by Crippen LogP contribution is 2.09. The minimum absolute atomic E-state index is 0.742. The normalized spacial score (nSPS) is 25.7. The van der Waals surface area contributed by atoms with Crippen LogP contribution in [0.1, 0.15) is 38.8 Å². The predicted molar refractivity (Wildman–Crippen MR) is 70.4 cm³/mol. The summed E-state index contributed by atoms with van der Waals surface area (Å²) < 4.78 is 2.01. The van der Waals surface area contributed by atoms with Gasteiger partial charge in [0, 0.05) is 18.6 Å². The van der Waals surface area contributed by atoms with E-state index in [1.807, 2.05) is 16.7 Å². The summed E-state index contributed by atoms with van der Waals surface area (Å²) in [4.78, 5) is 10.6. The average molecular weight is 245 g/mol. The second kappa shape index (κ2) is 4.69. The van der Waals surface area contributed by atoms with E-state index >= 15 is 0 Å². The Hall–Kier alpha value is -1.42. The minimum Gasteiger partial charge on any atom is -0.325 e. The molecule has 96 valence electrons. The summed E-state index contributed by atoms with van der Waals surface area (Å²) in [7, 11) is 0. The fourth-order valence-corrected chi connectivity index (χ4v) is 3.11. The second-order valence-electron chi connectivity index (χ2n) is 5.54. The molecule has 0 radical (unpaired) electrons. The molecule has 0 bridgehead atoms. The van der Waals surface area contributed by atoms with E-state index in [0.29, 0.717) is 0 Å². The molecule has 0 aromatic carbocycles. The van der Waals surface area contributed by atoms with Gasteiger partial charge in [0.25, 0.3) is 0 Å². The number of aromatic nitrogens is 3. The number of imidazole rings is 1. The van der Waals surface area contributed by atoms with Gasteiger partial charge in [-0.3, -0.25) is 4.40 Å². The van der Waals surface area contributed by atoms with Gasteiger partial charge in [-0.05, 0) is 39.2 Å². The fraction of sp³-hybridized carbons (Fsp3) is 0.571. The Morgan fingerprint density at radius 2 is 2.11 bits per heavy atom. The van der Waals surface area contributed by atoms with Crippen molar-refractivity contribution in [1.82, 2.24) is 14.4 Å². The van der Waals surface area contributed by atoms with Crippen molar-refractivity contribution in [3.63, 3.8) is 0 Å². The minimum atomic E-state index is 0.742. The number of rotatable bonds is 2. The largest absolute Gasteiger partial charge is 0.325 e. The Bertz CT molecular complexity index is 490. The third-order valence-corrected chi connectivity index (χ3v) is 4.21. The second-order valence-corrected chi connectivity index (χ2v) is 5.54. The lowest BCUT2D eigenvalue weighted by molar-refractivity contribution is -0.964. The number of piperidine rings is 1. The van der Waals surface area contributed by atoms with Gasteiger partial charge in [-0.15, -0.1) is 0 Å². The monoisotopic (exact) mass is 245 g/mol. The molecule has 1 saturated heterocycles. The molecule has 1 aliphatic heterocycles. The summed E-state index contributed by atoms with van der Waals surface area (Å²) in [5.74, 6) is 0.809. The van der Waals surface area contributed by atoms with Crippen LogP contribution in [0.25, 0.3) is 5.78 Å². The summed E-state index contributed by atoms with van der Waals surface area (Å²) in [5, 5.41) is 0. The van der Waals surface area contributed by atoms with Gasteiger partial charge in [-0.1, -0.05) is 0 Å². The van der Waals surface area contributed by atoms with Gasteiger partial charge in [0.15, 0.2) is 0 Å². The quantitative estimate of drug-likeness (QED) is 0.859. The zero-order valence-corrected chi connectivity index (χ0v) is 11.1. The van der Waals surface area contributed by atoms with Gasteiger partial charge in [-0.2, -0.15) is 0 Å². The highest BCUT2D eigenvalue weighted by atomic mass is 15.2. The van der Waals surface area contributed by atoms with Crippen LogP contribution in [0.2, 0.25) is 0 Å². The first-order chi connectivity index (χ1) is 8.74. The maximum Gasteiger partial charge on any atom is 0.234 e. The summed E-state index contributed by atoms with van der Waals surface area (Å²) in [6, 6.07) is 3.43. The Morgan fingerprint density at radius 3 is 2.83 bits per heavy atom. The number of likely N-dealkylation sites (tertiary alicyclic amines) is 1. The lowest BCUT2D eigenvalue weighted by atomic mass is 9.97. The molecular weight excluding hydrogens is 224 g/mol. The number of hydrogen-bond donors (Lipinski definition) is 1. The standard InChI is InChI=1S/C14H20N4/c1-11-5-3-6-12(2)18(11)10-13-9-17-8-4-7-15-14(17)16-13/h4,7-9,11-12H,3,5-6,10H2,1-2H3/p+1/t11-,12-/m0/s1. The molecule has 1 fully saturated rings. The Balaban J connectivity index is 1.82. The van der Waals surface area contributed by atoms with Crippen molar-refractivity contribution in [3.8, 4) is 0 Å². The van der Waals surface area contributed by atoms with Crippen molar-refractivity contribution in [2.45, 2.75) is 51.7 Å². The lowest BCUT2D eigenvalue weighted by Crippen LogP contribution is -3.18. The summed E-state index contributed by atoms with van der Waals surface area (Å²) in [6.07, 6.45) is 9.97. The molecule has 0 amide bonds. The zero-order chi connectivity index (χ0) is 12.5. The molecule has 0 spiro atoms. The predicted octanol–water partition coefficient (Wildman–Crippen LogP) is 1.08. The molecule has 1 N–H and O–H groups in total. The first-order valence-corrected chi connectivity index (χ1v) is 6.88. The van der Waals surface area contributed by atoms with Crippen molar-refractivity contribution < 1.29 is 4.90 Å². The molecule has 18 heavy (non-hydrogen) atoms.